The number of hydrogen-bond donors (Lipinski definition) is 0. The molecule has 0 unspecified atom stereocenters. The quantitative estimate of drug-likeness (QED) is 0.238. The molecule has 0 atom stereocenters. The molecule has 0 rings (SSSR count). The van der Waals surface area contributed by atoms with Crippen molar-refractivity contribution in [3.05, 3.63) is 0 Å². The molecule has 0 aliphatic heterocycles. The Bertz CT molecular complexity index is 94.9. The molecule has 0 saturated carbocycles. The molecule has 0 radical (unpaired) electrons. The maximum atomic E-state index is 8.52. The van der Waals surface area contributed by atoms with Gasteiger partial charge in [-0.2, -0.15) is 0 Å². The molecule has 0 fully saturated rings. The fourth-order valence-electron chi connectivity index (χ4n) is 0. The summed E-state index contributed by atoms with van der Waals surface area (Å²) in [4.78, 5) is 0. The molecule has 0 spiro atoms. The summed E-state index contributed by atoms with van der Waals surface area (Å²) in [7, 11) is -5.17. The molecule has 4 nitrogen and oxygen atoms in total. The zero-order chi connectivity index (χ0) is 4.50. The van der Waals surface area contributed by atoms with Gasteiger partial charge in [0.25, 0.3) is 0 Å². The first-order valence-corrected chi connectivity index (χ1v) is 2.00. The second-order valence-electron chi connectivity index (χ2n) is 0.408. The Morgan fingerprint density at radius 2 is 1.14 bits per heavy atom. The van der Waals surface area contributed by atoms with E-state index in [1.807, 2.05) is 0 Å². The van der Waals surface area contributed by atoms with E-state index >= 15 is 0 Å². The van der Waals surface area contributed by atoms with Gasteiger partial charge in [0.15, 0.2) is 0 Å². The molecule has 0 aliphatic carbocycles. The molecule has 7 heteroatoms. The van der Waals surface area contributed by atoms with Crippen molar-refractivity contribution in [2.75, 3.05) is 0 Å². The van der Waals surface area contributed by atoms with Crippen LogP contribution in [0.4, 0.5) is 0 Å². The Balaban J connectivity index is -0.0000000800. The van der Waals surface area contributed by atoms with Gasteiger partial charge in [0.05, 0.1) is 0 Å². The standard InChI is InChI=1S/K.H2O4S.Zr/c;1-5(2,3)4;/h;(H2,1,2,3,4);/q+1;;+2/p-2. The summed E-state index contributed by atoms with van der Waals surface area (Å²) in [6.07, 6.45) is 0. The van der Waals surface area contributed by atoms with Crippen LogP contribution in [-0.4, -0.2) is 17.5 Å². The third-order valence-electron chi connectivity index (χ3n) is 0. The Kier molecular flexibility index (Phi) is 15.1. The van der Waals surface area contributed by atoms with Crippen molar-refractivity contribution >= 4 is 10.4 Å². The van der Waals surface area contributed by atoms with E-state index in [9.17, 15) is 0 Å². The molecule has 0 heterocycles. The van der Waals surface area contributed by atoms with Crippen molar-refractivity contribution in [1.82, 2.24) is 0 Å². The molecule has 0 saturated heterocycles. The van der Waals surface area contributed by atoms with Crippen molar-refractivity contribution in [1.29, 1.82) is 0 Å². The predicted molar refractivity (Wildman–Crippen MR) is 10.5 cm³/mol. The normalized spacial score (nSPS) is 8.29. The molecular weight excluding hydrogens is 226 g/mol. The molecule has 0 aromatic heterocycles. The van der Waals surface area contributed by atoms with Crippen LogP contribution in [0.1, 0.15) is 0 Å². The van der Waals surface area contributed by atoms with Gasteiger partial charge in [-0.15, -0.1) is 0 Å². The van der Waals surface area contributed by atoms with E-state index in [4.69, 9.17) is 17.5 Å². The van der Waals surface area contributed by atoms with E-state index < -0.39 is 10.4 Å². The van der Waals surface area contributed by atoms with Crippen LogP contribution in [0.3, 0.4) is 0 Å². The van der Waals surface area contributed by atoms with Gasteiger partial charge in [0.2, 0.25) is 0 Å². The van der Waals surface area contributed by atoms with E-state index in [1.54, 1.807) is 0 Å². The van der Waals surface area contributed by atoms with Gasteiger partial charge in [0, 0.05) is 10.4 Å². The first-order valence-electron chi connectivity index (χ1n) is 0.667. The van der Waals surface area contributed by atoms with Crippen molar-refractivity contribution in [2.45, 2.75) is 0 Å². The summed E-state index contributed by atoms with van der Waals surface area (Å²) in [5.74, 6) is 0. The average molecular weight is 226 g/mol. The van der Waals surface area contributed by atoms with Crippen LogP contribution < -0.4 is 51.4 Å². The third kappa shape index (κ3) is 60.0. The molecule has 0 bridgehead atoms. The van der Waals surface area contributed by atoms with Crippen LogP contribution in [0.2, 0.25) is 0 Å². The fourth-order valence-corrected chi connectivity index (χ4v) is 0. The minimum atomic E-state index is -5.17. The summed E-state index contributed by atoms with van der Waals surface area (Å²) in [6, 6.07) is 0. The Labute approximate surface area is 103 Å². The molecule has 0 aromatic carbocycles. The monoisotopic (exact) mass is 225 g/mol. The van der Waals surface area contributed by atoms with Gasteiger partial charge in [0.1, 0.15) is 0 Å². The number of rotatable bonds is 0. The Morgan fingerprint density at radius 1 is 1.14 bits per heavy atom. The van der Waals surface area contributed by atoms with Crippen LogP contribution in [0.25, 0.3) is 0 Å². The van der Waals surface area contributed by atoms with Gasteiger partial charge < -0.3 is 9.11 Å². The van der Waals surface area contributed by atoms with Crippen LogP contribution in [0.15, 0.2) is 0 Å². The van der Waals surface area contributed by atoms with Crippen molar-refractivity contribution in [3.8, 4) is 0 Å². The fraction of sp³-hybridized carbons (Fsp3) is 0. The minimum absolute atomic E-state index is 0. The van der Waals surface area contributed by atoms with Gasteiger partial charge in [-0.25, -0.2) is 0 Å². The molecule has 0 amide bonds. The van der Waals surface area contributed by atoms with Crippen LogP contribution in [0, 0.1) is 0 Å². The largest absolute Gasteiger partial charge is 2.00 e. The second-order valence-corrected chi connectivity index (χ2v) is 1.22. The summed E-state index contributed by atoms with van der Waals surface area (Å²) in [5, 5.41) is 0. The minimum Gasteiger partial charge on any atom is -0.759 e. The van der Waals surface area contributed by atoms with Gasteiger partial charge in [-0.3, -0.25) is 8.42 Å². The smallest absolute Gasteiger partial charge is 0.759 e. The molecule has 34 valence electrons. The Morgan fingerprint density at radius 3 is 1.14 bits per heavy atom. The van der Waals surface area contributed by atoms with E-state index in [2.05, 4.69) is 0 Å². The van der Waals surface area contributed by atoms with Crippen molar-refractivity contribution in [2.24, 2.45) is 0 Å². The van der Waals surface area contributed by atoms with Gasteiger partial charge >= 0.3 is 77.6 Å². The molecule has 7 heavy (non-hydrogen) atoms. The summed E-state index contributed by atoms with van der Waals surface area (Å²) < 4.78 is 34.1. The third-order valence-corrected chi connectivity index (χ3v) is 0. The maximum absolute atomic E-state index is 8.52. The van der Waals surface area contributed by atoms with E-state index in [1.165, 1.54) is 0 Å². The van der Waals surface area contributed by atoms with E-state index in [0.29, 0.717) is 0 Å². The Hall–Kier alpha value is 2.39. The van der Waals surface area contributed by atoms with Crippen molar-refractivity contribution in [3.63, 3.8) is 0 Å². The molecule has 0 aliphatic rings. The second kappa shape index (κ2) is 6.51. The zero-order valence-corrected chi connectivity index (χ0v) is 9.94. The summed E-state index contributed by atoms with van der Waals surface area (Å²) >= 11 is 0. The molecule has 0 N–H and O–H groups in total. The first kappa shape index (κ1) is 16.2. The maximum Gasteiger partial charge on any atom is 2.00 e. The van der Waals surface area contributed by atoms with Crippen LogP contribution in [-0.2, 0) is 36.6 Å². The number of hydrogen-bond acceptors (Lipinski definition) is 4. The van der Waals surface area contributed by atoms with Crippen LogP contribution >= 0.6 is 0 Å². The van der Waals surface area contributed by atoms with Gasteiger partial charge in [-0.05, 0) is 0 Å². The molecular formula is KO4SZr+. The van der Waals surface area contributed by atoms with Crippen molar-refractivity contribution < 1.29 is 95.1 Å². The first-order chi connectivity index (χ1) is 2.00. The zero-order valence-electron chi connectivity index (χ0n) is 3.54. The van der Waals surface area contributed by atoms with E-state index in [0.717, 1.165) is 0 Å². The topological polar surface area (TPSA) is 80.3 Å². The SMILES string of the molecule is O=S(=O)([O-])[O-].[K+].[Zr+2]. The van der Waals surface area contributed by atoms with Crippen LogP contribution in [0.5, 0.6) is 0 Å². The summed E-state index contributed by atoms with van der Waals surface area (Å²) in [6.45, 7) is 0. The summed E-state index contributed by atoms with van der Waals surface area (Å²) in [5.41, 5.74) is 0. The molecule has 0 aromatic rings. The average Bonchev–Trinajstić information content (AvgIpc) is 0.722. The predicted octanol–water partition coefficient (Wildman–Crippen LogP) is -4.34. The van der Waals surface area contributed by atoms with Gasteiger partial charge in [-0.1, -0.05) is 0 Å². The van der Waals surface area contributed by atoms with E-state index in [-0.39, 0.29) is 77.6 Å².